The van der Waals surface area contributed by atoms with Gasteiger partial charge in [-0.1, -0.05) is 13.8 Å². The molecule has 0 radical (unpaired) electrons. The fourth-order valence-corrected chi connectivity index (χ4v) is 1.38. The molecule has 1 amide bonds. The zero-order valence-corrected chi connectivity index (χ0v) is 9.23. The quantitative estimate of drug-likeness (QED) is 0.689. The van der Waals surface area contributed by atoms with Crippen LogP contribution < -0.4 is 11.1 Å². The van der Waals surface area contributed by atoms with Gasteiger partial charge in [-0.25, -0.2) is 0 Å². The van der Waals surface area contributed by atoms with Gasteiger partial charge < -0.3 is 11.1 Å². The van der Waals surface area contributed by atoms with Gasteiger partial charge in [0.1, 0.15) is 6.04 Å². The van der Waals surface area contributed by atoms with Crippen molar-refractivity contribution in [2.75, 3.05) is 6.54 Å². The first-order chi connectivity index (χ1) is 7.17. The summed E-state index contributed by atoms with van der Waals surface area (Å²) in [7, 11) is 0. The fourth-order valence-electron chi connectivity index (χ4n) is 1.38. The normalized spacial score (nSPS) is 12.7. The number of rotatable bonds is 6. The molecule has 0 bridgehead atoms. The highest BCUT2D eigenvalue weighted by molar-refractivity contribution is 5.79. The number of carbonyl (C=O) groups excluding carboxylic acids is 1. The number of amides is 1. The number of aryl methyl sites for hydroxylation is 1. The number of nitrogens with one attached hydrogen (secondary N) is 1. The minimum absolute atomic E-state index is 0.342. The van der Waals surface area contributed by atoms with Crippen molar-refractivity contribution < 1.29 is 4.79 Å². The number of carbonyl (C=O) groups is 1. The molecule has 0 fully saturated rings. The van der Waals surface area contributed by atoms with Gasteiger partial charge in [-0.15, -0.1) is 0 Å². The molecule has 0 aliphatic heterocycles. The van der Waals surface area contributed by atoms with E-state index in [9.17, 15) is 4.79 Å². The van der Waals surface area contributed by atoms with Gasteiger partial charge in [0.2, 0.25) is 5.91 Å². The number of aromatic nitrogens is 2. The lowest BCUT2D eigenvalue weighted by molar-refractivity contribution is -0.120. The fraction of sp³-hybridized carbons (Fsp3) is 0.600. The van der Waals surface area contributed by atoms with Gasteiger partial charge in [-0.05, 0) is 18.5 Å². The van der Waals surface area contributed by atoms with Gasteiger partial charge in [-0.3, -0.25) is 9.48 Å². The maximum absolute atomic E-state index is 11.1. The van der Waals surface area contributed by atoms with E-state index in [4.69, 9.17) is 5.73 Å². The van der Waals surface area contributed by atoms with Crippen LogP contribution in [0.4, 0.5) is 0 Å². The van der Waals surface area contributed by atoms with Crippen LogP contribution in [0.5, 0.6) is 0 Å². The van der Waals surface area contributed by atoms with E-state index in [1.165, 1.54) is 0 Å². The van der Waals surface area contributed by atoms with Crippen molar-refractivity contribution in [2.45, 2.75) is 32.9 Å². The summed E-state index contributed by atoms with van der Waals surface area (Å²) < 4.78 is 1.75. The molecule has 1 atom stereocenters. The lowest BCUT2D eigenvalue weighted by Crippen LogP contribution is -2.44. The van der Waals surface area contributed by atoms with E-state index in [0.717, 1.165) is 18.5 Å². The third kappa shape index (κ3) is 3.36. The summed E-state index contributed by atoms with van der Waals surface area (Å²) >= 11 is 0. The van der Waals surface area contributed by atoms with Gasteiger partial charge in [0, 0.05) is 6.20 Å². The van der Waals surface area contributed by atoms with Gasteiger partial charge in [0.15, 0.2) is 0 Å². The highest BCUT2D eigenvalue weighted by Gasteiger charge is 2.14. The van der Waals surface area contributed by atoms with Crippen LogP contribution in [0, 0.1) is 0 Å². The molecular formula is C10H18N4O. The molecule has 15 heavy (non-hydrogen) atoms. The Hall–Kier alpha value is -1.36. The van der Waals surface area contributed by atoms with E-state index in [1.807, 2.05) is 19.3 Å². The highest BCUT2D eigenvalue weighted by Crippen LogP contribution is 1.99. The van der Waals surface area contributed by atoms with E-state index in [2.05, 4.69) is 17.3 Å². The predicted molar refractivity (Wildman–Crippen MR) is 58.3 cm³/mol. The number of nitrogens with two attached hydrogens (primary N) is 1. The second-order valence-corrected chi connectivity index (χ2v) is 3.44. The Balaban J connectivity index is 2.61. The smallest absolute Gasteiger partial charge is 0.236 e. The number of primary amides is 1. The lowest BCUT2D eigenvalue weighted by Gasteiger charge is -2.13. The molecule has 1 aromatic heterocycles. The van der Waals surface area contributed by atoms with Crippen molar-refractivity contribution in [1.82, 2.24) is 15.1 Å². The first-order valence-corrected chi connectivity index (χ1v) is 5.21. The molecule has 1 aromatic rings. The zero-order chi connectivity index (χ0) is 11.3. The highest BCUT2D eigenvalue weighted by atomic mass is 16.1. The van der Waals surface area contributed by atoms with Gasteiger partial charge in [0.25, 0.3) is 0 Å². The molecule has 1 heterocycles. The number of hydrogen-bond acceptors (Lipinski definition) is 3. The molecule has 0 saturated carbocycles. The monoisotopic (exact) mass is 210 g/mol. The van der Waals surface area contributed by atoms with Crippen LogP contribution in [0.1, 0.15) is 19.4 Å². The topological polar surface area (TPSA) is 72.9 Å². The number of hydrogen-bond donors (Lipinski definition) is 2. The Morgan fingerprint density at radius 2 is 2.40 bits per heavy atom. The first kappa shape index (κ1) is 11.7. The molecule has 1 unspecified atom stereocenters. The van der Waals surface area contributed by atoms with Crippen LogP contribution in [-0.2, 0) is 17.8 Å². The Labute approximate surface area is 89.6 Å². The minimum atomic E-state index is -0.348. The summed E-state index contributed by atoms with van der Waals surface area (Å²) in [5.41, 5.74) is 6.43. The second kappa shape index (κ2) is 5.50. The van der Waals surface area contributed by atoms with Crippen molar-refractivity contribution in [2.24, 2.45) is 5.73 Å². The molecule has 3 N–H and O–H groups in total. The van der Waals surface area contributed by atoms with E-state index in [1.54, 1.807) is 4.68 Å². The zero-order valence-electron chi connectivity index (χ0n) is 9.23. The Morgan fingerprint density at radius 1 is 1.67 bits per heavy atom. The molecule has 0 spiro atoms. The van der Waals surface area contributed by atoms with Crippen molar-refractivity contribution in [3.8, 4) is 0 Å². The molecule has 5 heteroatoms. The average molecular weight is 210 g/mol. The molecule has 0 saturated heterocycles. The summed E-state index contributed by atoms with van der Waals surface area (Å²) in [5.74, 6) is -0.342. The average Bonchev–Trinajstić information content (AvgIpc) is 2.65. The summed E-state index contributed by atoms with van der Waals surface area (Å²) in [6, 6.07) is -0.348. The SMILES string of the molecule is CCNC(Cn1cc(CC)cn1)C(N)=O. The third-order valence-electron chi connectivity index (χ3n) is 2.26. The lowest BCUT2D eigenvalue weighted by atomic mass is 10.2. The van der Waals surface area contributed by atoms with E-state index in [0.29, 0.717) is 6.54 Å². The molecule has 0 aliphatic carbocycles. The molecule has 0 aliphatic rings. The van der Waals surface area contributed by atoms with Crippen molar-refractivity contribution in [3.05, 3.63) is 18.0 Å². The number of nitrogens with zero attached hydrogens (tertiary/aromatic N) is 2. The molecule has 0 aromatic carbocycles. The van der Waals surface area contributed by atoms with Crippen LogP contribution >= 0.6 is 0 Å². The predicted octanol–water partition coefficient (Wildman–Crippen LogP) is -0.0911. The molecule has 5 nitrogen and oxygen atoms in total. The van der Waals surface area contributed by atoms with Crippen molar-refractivity contribution in [3.63, 3.8) is 0 Å². The summed E-state index contributed by atoms with van der Waals surface area (Å²) in [5, 5.41) is 7.18. The van der Waals surface area contributed by atoms with Crippen LogP contribution in [0.25, 0.3) is 0 Å². The van der Waals surface area contributed by atoms with Gasteiger partial charge in [0.05, 0.1) is 12.7 Å². The van der Waals surface area contributed by atoms with Gasteiger partial charge in [-0.2, -0.15) is 5.10 Å². The standard InChI is InChI=1S/C10H18N4O/c1-3-8-5-13-14(6-8)7-9(10(11)15)12-4-2/h5-6,9,12H,3-4,7H2,1-2H3,(H2,11,15). The van der Waals surface area contributed by atoms with Crippen LogP contribution in [0.3, 0.4) is 0 Å². The largest absolute Gasteiger partial charge is 0.368 e. The van der Waals surface area contributed by atoms with E-state index in [-0.39, 0.29) is 11.9 Å². The maximum atomic E-state index is 11.1. The summed E-state index contributed by atoms with van der Waals surface area (Å²) in [4.78, 5) is 11.1. The molecular weight excluding hydrogens is 192 g/mol. The minimum Gasteiger partial charge on any atom is -0.368 e. The van der Waals surface area contributed by atoms with Crippen LogP contribution in [-0.4, -0.2) is 28.3 Å². The summed E-state index contributed by atoms with van der Waals surface area (Å²) in [6.07, 6.45) is 4.69. The second-order valence-electron chi connectivity index (χ2n) is 3.44. The van der Waals surface area contributed by atoms with Crippen molar-refractivity contribution >= 4 is 5.91 Å². The Kier molecular flexibility index (Phi) is 4.30. The molecule has 1 rings (SSSR count). The Morgan fingerprint density at radius 3 is 2.87 bits per heavy atom. The van der Waals surface area contributed by atoms with Gasteiger partial charge >= 0.3 is 0 Å². The first-order valence-electron chi connectivity index (χ1n) is 5.21. The maximum Gasteiger partial charge on any atom is 0.236 e. The van der Waals surface area contributed by atoms with E-state index >= 15 is 0 Å². The van der Waals surface area contributed by atoms with E-state index < -0.39 is 0 Å². The summed E-state index contributed by atoms with van der Waals surface area (Å²) in [6.45, 7) is 5.21. The Bertz CT molecular complexity index is 321. The molecule has 84 valence electrons. The van der Waals surface area contributed by atoms with Crippen LogP contribution in [0.2, 0.25) is 0 Å². The third-order valence-corrected chi connectivity index (χ3v) is 2.26. The van der Waals surface area contributed by atoms with Crippen molar-refractivity contribution in [1.29, 1.82) is 0 Å². The van der Waals surface area contributed by atoms with Crippen LogP contribution in [0.15, 0.2) is 12.4 Å². The number of likely N-dealkylation sites (N-methyl/N-ethyl adjacent to an activating group) is 1.